The maximum Gasteiger partial charge on any atom is 0.341 e. The van der Waals surface area contributed by atoms with Gasteiger partial charge in [-0.2, -0.15) is 0 Å². The average Bonchev–Trinajstić information content (AvgIpc) is 2.81. The summed E-state index contributed by atoms with van der Waals surface area (Å²) in [5, 5.41) is 12.8. The maximum absolute atomic E-state index is 12.8. The molecule has 0 saturated heterocycles. The van der Waals surface area contributed by atoms with Crippen LogP contribution >= 0.6 is 11.3 Å². The van der Waals surface area contributed by atoms with Crippen LogP contribution in [0.1, 0.15) is 65.7 Å². The Hall–Kier alpha value is -1.89. The number of methoxy groups -OCH3 is 1. The summed E-state index contributed by atoms with van der Waals surface area (Å²) < 4.78 is 4.95. The summed E-state index contributed by atoms with van der Waals surface area (Å²) in [5.74, 6) is -2.84. The van der Waals surface area contributed by atoms with Crippen molar-refractivity contribution in [3.05, 3.63) is 16.0 Å². The molecule has 1 aromatic heterocycles. The van der Waals surface area contributed by atoms with Crippen LogP contribution in [-0.4, -0.2) is 30.1 Å². The first-order valence-electron chi connectivity index (χ1n) is 9.29. The SMILES string of the molecule is COC(=O)c1c(NC(=O)[C@@H]2CCCC[C@H]2C(=O)O)sc2c1CCCCC2. The number of carboxylic acid groups (broad SMARTS) is 1. The van der Waals surface area contributed by atoms with E-state index in [4.69, 9.17) is 4.74 Å². The Kier molecular flexibility index (Phi) is 5.96. The molecule has 1 aromatic rings. The topological polar surface area (TPSA) is 92.7 Å². The molecule has 0 aromatic carbocycles. The van der Waals surface area contributed by atoms with Crippen LogP contribution in [0.3, 0.4) is 0 Å². The number of carbonyl (C=O) groups is 3. The van der Waals surface area contributed by atoms with Crippen LogP contribution in [-0.2, 0) is 27.2 Å². The number of aliphatic carboxylic acids is 1. The first-order valence-corrected chi connectivity index (χ1v) is 10.1. The van der Waals surface area contributed by atoms with Gasteiger partial charge in [0.05, 0.1) is 24.5 Å². The number of hydrogen-bond acceptors (Lipinski definition) is 5. The fourth-order valence-electron chi connectivity index (χ4n) is 4.09. The molecule has 2 aliphatic carbocycles. The van der Waals surface area contributed by atoms with E-state index < -0.39 is 23.8 Å². The second kappa shape index (κ2) is 8.20. The zero-order valence-corrected chi connectivity index (χ0v) is 15.8. The summed E-state index contributed by atoms with van der Waals surface area (Å²) in [6, 6.07) is 0. The lowest BCUT2D eigenvalue weighted by molar-refractivity contribution is -0.147. The Bertz CT molecular complexity index is 711. The van der Waals surface area contributed by atoms with Gasteiger partial charge in [-0.25, -0.2) is 4.79 Å². The molecule has 0 spiro atoms. The maximum atomic E-state index is 12.8. The predicted molar refractivity (Wildman–Crippen MR) is 98.6 cm³/mol. The van der Waals surface area contributed by atoms with Crippen molar-refractivity contribution in [2.24, 2.45) is 11.8 Å². The summed E-state index contributed by atoms with van der Waals surface area (Å²) in [6.45, 7) is 0. The van der Waals surface area contributed by atoms with Crippen LogP contribution in [0.2, 0.25) is 0 Å². The van der Waals surface area contributed by atoms with Crippen LogP contribution < -0.4 is 5.32 Å². The predicted octanol–water partition coefficient (Wildman–Crippen LogP) is 3.63. The standard InChI is InChI=1S/C19H25NO5S/c1-25-19(24)15-13-9-3-2-4-10-14(13)26-17(15)20-16(21)11-7-5-6-8-12(11)18(22)23/h11-12H,2-10H2,1H3,(H,20,21)(H,22,23)/t11-,12-/m1/s1. The van der Waals surface area contributed by atoms with Crippen molar-refractivity contribution in [3.8, 4) is 0 Å². The van der Waals surface area contributed by atoms with E-state index in [-0.39, 0.29) is 5.91 Å². The molecule has 1 heterocycles. The number of carbonyl (C=O) groups excluding carboxylic acids is 2. The number of rotatable bonds is 4. The van der Waals surface area contributed by atoms with E-state index >= 15 is 0 Å². The summed E-state index contributed by atoms with van der Waals surface area (Å²) >= 11 is 1.44. The highest BCUT2D eigenvalue weighted by atomic mass is 32.1. The first kappa shape index (κ1) is 18.9. The Balaban J connectivity index is 1.87. The zero-order valence-electron chi connectivity index (χ0n) is 15.0. The fourth-order valence-corrected chi connectivity index (χ4v) is 5.37. The summed E-state index contributed by atoms with van der Waals surface area (Å²) in [5.41, 5.74) is 1.46. The number of nitrogens with one attached hydrogen (secondary N) is 1. The highest BCUT2D eigenvalue weighted by molar-refractivity contribution is 7.17. The van der Waals surface area contributed by atoms with Crippen LogP contribution in [0, 0.1) is 11.8 Å². The van der Waals surface area contributed by atoms with Crippen molar-refractivity contribution in [2.45, 2.75) is 57.8 Å². The van der Waals surface area contributed by atoms with Gasteiger partial charge in [-0.3, -0.25) is 9.59 Å². The van der Waals surface area contributed by atoms with E-state index in [0.717, 1.165) is 55.4 Å². The summed E-state index contributed by atoms with van der Waals surface area (Å²) in [7, 11) is 1.34. The van der Waals surface area contributed by atoms with Gasteiger partial charge in [0.25, 0.3) is 0 Å². The number of esters is 1. The molecular weight excluding hydrogens is 354 g/mol. The molecule has 1 fully saturated rings. The number of anilines is 1. The third-order valence-corrected chi connectivity index (χ3v) is 6.67. The van der Waals surface area contributed by atoms with Crippen molar-refractivity contribution in [1.29, 1.82) is 0 Å². The van der Waals surface area contributed by atoms with Crippen molar-refractivity contribution in [1.82, 2.24) is 0 Å². The van der Waals surface area contributed by atoms with Gasteiger partial charge in [0.15, 0.2) is 0 Å². The second-order valence-electron chi connectivity index (χ2n) is 7.09. The third-order valence-electron chi connectivity index (χ3n) is 5.47. The molecule has 7 heteroatoms. The molecule has 3 rings (SSSR count). The Morgan fingerprint density at radius 1 is 1.04 bits per heavy atom. The average molecular weight is 379 g/mol. The van der Waals surface area contributed by atoms with Crippen LogP contribution in [0.5, 0.6) is 0 Å². The zero-order chi connectivity index (χ0) is 18.7. The molecule has 1 saturated carbocycles. The molecule has 0 radical (unpaired) electrons. The molecule has 2 aliphatic rings. The van der Waals surface area contributed by atoms with Gasteiger partial charge < -0.3 is 15.2 Å². The van der Waals surface area contributed by atoms with Crippen molar-refractivity contribution in [3.63, 3.8) is 0 Å². The van der Waals surface area contributed by atoms with Crippen LogP contribution in [0.15, 0.2) is 0 Å². The molecule has 6 nitrogen and oxygen atoms in total. The van der Waals surface area contributed by atoms with Crippen molar-refractivity contribution >= 4 is 34.2 Å². The lowest BCUT2D eigenvalue weighted by Crippen LogP contribution is -2.36. The van der Waals surface area contributed by atoms with Gasteiger partial charge in [-0.05, 0) is 44.1 Å². The van der Waals surface area contributed by atoms with Crippen molar-refractivity contribution < 1.29 is 24.2 Å². The highest BCUT2D eigenvalue weighted by Gasteiger charge is 2.37. The highest BCUT2D eigenvalue weighted by Crippen LogP contribution is 2.39. The Morgan fingerprint density at radius 2 is 1.73 bits per heavy atom. The van der Waals surface area contributed by atoms with Gasteiger partial charge in [0.2, 0.25) is 5.91 Å². The molecule has 1 amide bonds. The Labute approximate surface area is 156 Å². The van der Waals surface area contributed by atoms with Crippen LogP contribution in [0.4, 0.5) is 5.00 Å². The smallest absolute Gasteiger partial charge is 0.341 e. The van der Waals surface area contributed by atoms with Gasteiger partial charge in [-0.15, -0.1) is 11.3 Å². The minimum absolute atomic E-state index is 0.293. The van der Waals surface area contributed by atoms with E-state index in [2.05, 4.69) is 5.32 Å². The summed E-state index contributed by atoms with van der Waals surface area (Å²) in [6.07, 6.45) is 7.73. The summed E-state index contributed by atoms with van der Waals surface area (Å²) in [4.78, 5) is 37.8. The lowest BCUT2D eigenvalue weighted by atomic mass is 9.79. The minimum Gasteiger partial charge on any atom is -0.481 e. The molecule has 2 atom stereocenters. The molecular formula is C19H25NO5S. The number of hydrogen-bond donors (Lipinski definition) is 2. The first-order chi connectivity index (χ1) is 12.5. The van der Waals surface area contributed by atoms with Crippen molar-refractivity contribution in [2.75, 3.05) is 12.4 Å². The molecule has 26 heavy (non-hydrogen) atoms. The normalized spacial score (nSPS) is 22.8. The molecule has 0 aliphatic heterocycles. The number of thiophene rings is 1. The molecule has 2 N–H and O–H groups in total. The minimum atomic E-state index is -0.917. The van der Waals surface area contributed by atoms with Gasteiger partial charge in [0.1, 0.15) is 5.00 Å². The van der Waals surface area contributed by atoms with Gasteiger partial charge in [-0.1, -0.05) is 19.3 Å². The number of aryl methyl sites for hydroxylation is 1. The number of ether oxygens (including phenoxy) is 1. The van der Waals surface area contributed by atoms with E-state index in [1.54, 1.807) is 0 Å². The largest absolute Gasteiger partial charge is 0.481 e. The fraction of sp³-hybridized carbons (Fsp3) is 0.632. The number of amides is 1. The Morgan fingerprint density at radius 3 is 2.42 bits per heavy atom. The monoisotopic (exact) mass is 379 g/mol. The number of fused-ring (bicyclic) bond motifs is 1. The van der Waals surface area contributed by atoms with Gasteiger partial charge >= 0.3 is 11.9 Å². The quantitative estimate of drug-likeness (QED) is 0.615. The molecule has 0 bridgehead atoms. The molecule has 0 unspecified atom stereocenters. The van der Waals surface area contributed by atoms with E-state index in [1.165, 1.54) is 18.4 Å². The lowest BCUT2D eigenvalue weighted by Gasteiger charge is -2.27. The third kappa shape index (κ3) is 3.77. The second-order valence-corrected chi connectivity index (χ2v) is 8.19. The van der Waals surface area contributed by atoms with E-state index in [1.807, 2.05) is 0 Å². The van der Waals surface area contributed by atoms with Crippen LogP contribution in [0.25, 0.3) is 0 Å². The van der Waals surface area contributed by atoms with E-state index in [0.29, 0.717) is 23.4 Å². The van der Waals surface area contributed by atoms with Gasteiger partial charge in [0, 0.05) is 4.88 Å². The van der Waals surface area contributed by atoms with E-state index in [9.17, 15) is 19.5 Å². The molecule has 142 valence electrons. The number of carboxylic acids is 1.